The quantitative estimate of drug-likeness (QED) is 0.897. The Balaban J connectivity index is 2.74. The Morgan fingerprint density at radius 1 is 1.47 bits per heavy atom. The molecule has 2 rings (SSSR count). The van der Waals surface area contributed by atoms with Crippen molar-refractivity contribution in [3.63, 3.8) is 0 Å². The van der Waals surface area contributed by atoms with Crippen LogP contribution < -0.4 is 10.5 Å². The zero-order valence-corrected chi connectivity index (χ0v) is 10.0. The molecule has 1 heterocycles. The van der Waals surface area contributed by atoms with Gasteiger partial charge in [-0.15, -0.1) is 0 Å². The number of nitrogen functional groups attached to an aromatic ring is 1. The van der Waals surface area contributed by atoms with Crippen molar-refractivity contribution in [2.24, 2.45) is 0 Å². The van der Waals surface area contributed by atoms with E-state index in [-0.39, 0.29) is 10.9 Å². The third-order valence-electron chi connectivity index (χ3n) is 2.49. The highest BCUT2D eigenvalue weighted by Gasteiger charge is 2.19. The Hall–Kier alpha value is -1.75. The molecule has 0 saturated heterocycles. The summed E-state index contributed by atoms with van der Waals surface area (Å²) in [6.07, 6.45) is 1.43. The number of aromatic nitrogens is 1. The lowest BCUT2D eigenvalue weighted by Gasteiger charge is -2.12. The molecule has 1 aromatic carbocycles. The molecule has 1 aromatic heterocycles. The number of rotatable bonds is 2. The Bertz CT molecular complexity index is 569. The highest BCUT2D eigenvalue weighted by Crippen LogP contribution is 2.39. The number of anilines is 1. The van der Waals surface area contributed by atoms with Crippen molar-refractivity contribution in [3.05, 3.63) is 28.7 Å². The van der Waals surface area contributed by atoms with Gasteiger partial charge in [0.1, 0.15) is 11.6 Å². The first-order chi connectivity index (χ1) is 8.06. The SMILES string of the molecule is COc1c(-c2cnoc2N)cc(Cl)c(F)c1C. The smallest absolute Gasteiger partial charge is 0.230 e. The van der Waals surface area contributed by atoms with Gasteiger partial charge in [0.2, 0.25) is 5.88 Å². The molecule has 0 aliphatic rings. The molecule has 0 fully saturated rings. The molecule has 0 bridgehead atoms. The van der Waals surface area contributed by atoms with Crippen LogP contribution in [-0.4, -0.2) is 12.3 Å². The lowest BCUT2D eigenvalue weighted by Crippen LogP contribution is -1.96. The van der Waals surface area contributed by atoms with Crippen LogP contribution in [0.2, 0.25) is 5.02 Å². The van der Waals surface area contributed by atoms with E-state index in [0.29, 0.717) is 22.4 Å². The fraction of sp³-hybridized carbons (Fsp3) is 0.182. The van der Waals surface area contributed by atoms with Gasteiger partial charge in [-0.2, -0.15) is 0 Å². The molecule has 0 aliphatic heterocycles. The first-order valence-corrected chi connectivity index (χ1v) is 5.17. The molecule has 6 heteroatoms. The third-order valence-corrected chi connectivity index (χ3v) is 2.76. The summed E-state index contributed by atoms with van der Waals surface area (Å²) < 4.78 is 23.5. The Morgan fingerprint density at radius 2 is 2.18 bits per heavy atom. The number of halogens is 2. The number of nitrogens with two attached hydrogens (primary N) is 1. The molecule has 2 N–H and O–H groups in total. The van der Waals surface area contributed by atoms with Gasteiger partial charge >= 0.3 is 0 Å². The minimum atomic E-state index is -0.512. The summed E-state index contributed by atoms with van der Waals surface area (Å²) in [6.45, 7) is 1.58. The summed E-state index contributed by atoms with van der Waals surface area (Å²) in [5, 5.41) is 3.56. The maximum Gasteiger partial charge on any atom is 0.230 e. The molecule has 90 valence electrons. The van der Waals surface area contributed by atoms with Crippen LogP contribution >= 0.6 is 11.6 Å². The van der Waals surface area contributed by atoms with E-state index in [4.69, 9.17) is 26.6 Å². The summed E-state index contributed by atoms with van der Waals surface area (Å²) in [6, 6.07) is 1.44. The molecule has 17 heavy (non-hydrogen) atoms. The van der Waals surface area contributed by atoms with E-state index in [2.05, 4.69) is 5.16 Å². The van der Waals surface area contributed by atoms with E-state index in [0.717, 1.165) is 0 Å². The van der Waals surface area contributed by atoms with Crippen molar-refractivity contribution in [1.82, 2.24) is 5.16 Å². The maximum absolute atomic E-state index is 13.6. The molecule has 0 aliphatic carbocycles. The first-order valence-electron chi connectivity index (χ1n) is 4.79. The van der Waals surface area contributed by atoms with Crippen molar-refractivity contribution < 1.29 is 13.7 Å². The molecule has 2 aromatic rings. The Labute approximate surface area is 102 Å². The van der Waals surface area contributed by atoms with Crippen LogP contribution in [0.3, 0.4) is 0 Å². The predicted octanol–water partition coefficient (Wildman–Crippen LogP) is 3.03. The number of hydrogen-bond donors (Lipinski definition) is 1. The molecule has 0 spiro atoms. The summed E-state index contributed by atoms with van der Waals surface area (Å²) in [5.74, 6) is -0.0190. The molecule has 0 atom stereocenters. The van der Waals surface area contributed by atoms with E-state index in [1.807, 2.05) is 0 Å². The fourth-order valence-electron chi connectivity index (χ4n) is 1.65. The largest absolute Gasteiger partial charge is 0.496 e. The van der Waals surface area contributed by atoms with E-state index in [9.17, 15) is 4.39 Å². The summed E-state index contributed by atoms with van der Waals surface area (Å²) in [7, 11) is 1.45. The van der Waals surface area contributed by atoms with Gasteiger partial charge in [-0.25, -0.2) is 4.39 Å². The van der Waals surface area contributed by atoms with Crippen LogP contribution in [0.4, 0.5) is 10.3 Å². The molecule has 0 unspecified atom stereocenters. The summed E-state index contributed by atoms with van der Waals surface area (Å²) in [4.78, 5) is 0. The van der Waals surface area contributed by atoms with Crippen molar-refractivity contribution in [2.45, 2.75) is 6.92 Å². The average molecular weight is 257 g/mol. The van der Waals surface area contributed by atoms with Crippen LogP contribution in [0.25, 0.3) is 11.1 Å². The van der Waals surface area contributed by atoms with Crippen molar-refractivity contribution >= 4 is 17.5 Å². The normalized spacial score (nSPS) is 10.6. The van der Waals surface area contributed by atoms with Gasteiger partial charge in [0.25, 0.3) is 0 Å². The van der Waals surface area contributed by atoms with Crippen LogP contribution in [-0.2, 0) is 0 Å². The zero-order chi connectivity index (χ0) is 12.6. The second-order valence-electron chi connectivity index (χ2n) is 3.48. The molecule has 4 nitrogen and oxygen atoms in total. The number of benzene rings is 1. The van der Waals surface area contributed by atoms with Crippen LogP contribution in [0.15, 0.2) is 16.8 Å². The Morgan fingerprint density at radius 3 is 2.71 bits per heavy atom. The maximum atomic E-state index is 13.6. The predicted molar refractivity (Wildman–Crippen MR) is 62.6 cm³/mol. The minimum Gasteiger partial charge on any atom is -0.496 e. The minimum absolute atomic E-state index is 0.00102. The van der Waals surface area contributed by atoms with Gasteiger partial charge in [-0.05, 0) is 13.0 Å². The molecule has 0 amide bonds. The van der Waals surface area contributed by atoms with Gasteiger partial charge in [0.05, 0.1) is 23.9 Å². The first kappa shape index (κ1) is 11.7. The molecular weight excluding hydrogens is 247 g/mol. The van der Waals surface area contributed by atoms with Gasteiger partial charge in [0, 0.05) is 11.1 Å². The standard InChI is InChI=1S/C11H10ClFN2O2/c1-5-9(13)8(12)3-6(10(5)16-2)7-4-15-17-11(7)14/h3-4H,14H2,1-2H3. The number of nitrogens with zero attached hydrogens (tertiary/aromatic N) is 1. The van der Waals surface area contributed by atoms with Gasteiger partial charge < -0.3 is 15.0 Å². The van der Waals surface area contributed by atoms with E-state index < -0.39 is 5.82 Å². The average Bonchev–Trinajstić information content (AvgIpc) is 2.72. The zero-order valence-electron chi connectivity index (χ0n) is 9.25. The van der Waals surface area contributed by atoms with Crippen molar-refractivity contribution in [1.29, 1.82) is 0 Å². The highest BCUT2D eigenvalue weighted by molar-refractivity contribution is 6.31. The van der Waals surface area contributed by atoms with Crippen molar-refractivity contribution in [3.8, 4) is 16.9 Å². The van der Waals surface area contributed by atoms with Crippen LogP contribution in [0.5, 0.6) is 5.75 Å². The van der Waals surface area contributed by atoms with Gasteiger partial charge in [-0.3, -0.25) is 0 Å². The molecule has 0 radical (unpaired) electrons. The Kier molecular flexibility index (Phi) is 2.93. The van der Waals surface area contributed by atoms with Gasteiger partial charge in [0.15, 0.2) is 0 Å². The second kappa shape index (κ2) is 4.25. The fourth-order valence-corrected chi connectivity index (χ4v) is 1.90. The van der Waals surface area contributed by atoms with Gasteiger partial charge in [-0.1, -0.05) is 16.8 Å². The lowest BCUT2D eigenvalue weighted by atomic mass is 10.0. The number of hydrogen-bond acceptors (Lipinski definition) is 4. The summed E-state index contributed by atoms with van der Waals surface area (Å²) >= 11 is 5.79. The molecular formula is C11H10ClFN2O2. The topological polar surface area (TPSA) is 61.3 Å². The monoisotopic (exact) mass is 256 g/mol. The number of ether oxygens (including phenoxy) is 1. The third kappa shape index (κ3) is 1.82. The number of methoxy groups -OCH3 is 1. The second-order valence-corrected chi connectivity index (χ2v) is 3.89. The van der Waals surface area contributed by atoms with E-state index >= 15 is 0 Å². The lowest BCUT2D eigenvalue weighted by molar-refractivity contribution is 0.409. The van der Waals surface area contributed by atoms with Crippen LogP contribution in [0, 0.1) is 12.7 Å². The van der Waals surface area contributed by atoms with Crippen LogP contribution in [0.1, 0.15) is 5.56 Å². The molecule has 0 saturated carbocycles. The van der Waals surface area contributed by atoms with Crippen molar-refractivity contribution in [2.75, 3.05) is 12.8 Å². The summed E-state index contributed by atoms with van der Waals surface area (Å²) in [5.41, 5.74) is 7.00. The highest BCUT2D eigenvalue weighted by atomic mass is 35.5. The van der Waals surface area contributed by atoms with E-state index in [1.165, 1.54) is 19.4 Å². The van der Waals surface area contributed by atoms with E-state index in [1.54, 1.807) is 6.92 Å².